The van der Waals surface area contributed by atoms with Crippen molar-refractivity contribution in [3.63, 3.8) is 0 Å². The molecule has 22 heavy (non-hydrogen) atoms. The van der Waals surface area contributed by atoms with Crippen molar-refractivity contribution >= 4 is 0 Å². The molecule has 0 unspecified atom stereocenters. The monoisotopic (exact) mass is 304 g/mol. The Kier molecular flexibility index (Phi) is 4.40. The lowest BCUT2D eigenvalue weighted by molar-refractivity contribution is 0.234. The van der Waals surface area contributed by atoms with E-state index in [1.807, 2.05) is 17.8 Å². The maximum atomic E-state index is 13.1. The van der Waals surface area contributed by atoms with Gasteiger partial charge in [-0.25, -0.2) is 9.37 Å². The molecule has 6 heteroatoms. The minimum atomic E-state index is -0.281. The molecule has 0 aliphatic carbocycles. The summed E-state index contributed by atoms with van der Waals surface area (Å²) in [7, 11) is 1.99. The highest BCUT2D eigenvalue weighted by atomic mass is 19.1. The van der Waals surface area contributed by atoms with Crippen molar-refractivity contribution in [3.8, 4) is 5.75 Å². The molecule has 5 nitrogen and oxygen atoms in total. The van der Waals surface area contributed by atoms with Crippen molar-refractivity contribution in [2.75, 3.05) is 26.2 Å². The first-order valence-corrected chi connectivity index (χ1v) is 7.46. The molecule has 0 saturated carbocycles. The van der Waals surface area contributed by atoms with Gasteiger partial charge in [-0.3, -0.25) is 4.90 Å². The van der Waals surface area contributed by atoms with Gasteiger partial charge in [-0.15, -0.1) is 0 Å². The molecule has 1 aromatic carbocycles. The van der Waals surface area contributed by atoms with Crippen LogP contribution < -0.4 is 10.5 Å². The zero-order chi connectivity index (χ0) is 15.5. The number of nitrogens with zero attached hydrogens (tertiary/aromatic N) is 3. The third-order valence-corrected chi connectivity index (χ3v) is 4.15. The number of likely N-dealkylation sites (tertiary alicyclic amines) is 1. The summed E-state index contributed by atoms with van der Waals surface area (Å²) in [6.07, 6.45) is 3.69. The first kappa shape index (κ1) is 15.0. The number of nitrogens with two attached hydrogens (primary N) is 1. The number of benzene rings is 1. The SMILES string of the molecule is Cn1cncc1[C@@H]1CN(CCOc2cccc(F)c2)C[C@H]1N. The van der Waals surface area contributed by atoms with Crippen LogP contribution >= 0.6 is 0 Å². The summed E-state index contributed by atoms with van der Waals surface area (Å²) in [6, 6.07) is 6.31. The summed E-state index contributed by atoms with van der Waals surface area (Å²) in [5.41, 5.74) is 7.43. The molecule has 1 aliphatic heterocycles. The van der Waals surface area contributed by atoms with Gasteiger partial charge in [0.1, 0.15) is 18.2 Å². The van der Waals surface area contributed by atoms with Gasteiger partial charge in [0.05, 0.1) is 6.33 Å². The molecule has 3 rings (SSSR count). The standard InChI is InChI=1S/C16H21FN4O/c1-20-11-19-8-16(20)14-9-21(10-15(14)18)5-6-22-13-4-2-3-12(17)7-13/h2-4,7-8,11,14-15H,5-6,9-10,18H2,1H3/t14-,15-/m1/s1. The normalized spacial score (nSPS) is 22.1. The van der Waals surface area contributed by atoms with Crippen molar-refractivity contribution in [1.82, 2.24) is 14.5 Å². The Balaban J connectivity index is 1.51. The number of hydrogen-bond donors (Lipinski definition) is 1. The Labute approximate surface area is 129 Å². The summed E-state index contributed by atoms with van der Waals surface area (Å²) in [5.74, 6) is 0.574. The van der Waals surface area contributed by atoms with Gasteiger partial charge < -0.3 is 15.0 Å². The molecule has 0 bridgehead atoms. The van der Waals surface area contributed by atoms with E-state index >= 15 is 0 Å². The van der Waals surface area contributed by atoms with Crippen LogP contribution in [-0.4, -0.2) is 46.7 Å². The summed E-state index contributed by atoms with van der Waals surface area (Å²) in [6.45, 7) is 3.03. The van der Waals surface area contributed by atoms with E-state index in [9.17, 15) is 4.39 Å². The van der Waals surface area contributed by atoms with Crippen LogP contribution in [0.3, 0.4) is 0 Å². The highest BCUT2D eigenvalue weighted by Gasteiger charge is 2.32. The molecule has 2 atom stereocenters. The Hall–Kier alpha value is -1.92. The van der Waals surface area contributed by atoms with E-state index in [1.165, 1.54) is 17.8 Å². The zero-order valence-corrected chi connectivity index (χ0v) is 12.7. The summed E-state index contributed by atoms with van der Waals surface area (Å²) >= 11 is 0. The summed E-state index contributed by atoms with van der Waals surface area (Å²) in [4.78, 5) is 6.44. The van der Waals surface area contributed by atoms with E-state index < -0.39 is 0 Å². The topological polar surface area (TPSA) is 56.3 Å². The van der Waals surface area contributed by atoms with Crippen LogP contribution in [0.25, 0.3) is 0 Å². The fourth-order valence-electron chi connectivity index (χ4n) is 2.98. The highest BCUT2D eigenvalue weighted by molar-refractivity contribution is 5.22. The first-order chi connectivity index (χ1) is 10.6. The predicted molar refractivity (Wildman–Crippen MR) is 82.3 cm³/mol. The summed E-state index contributed by atoms with van der Waals surface area (Å²) in [5, 5.41) is 0. The van der Waals surface area contributed by atoms with Crippen LogP contribution in [0.15, 0.2) is 36.8 Å². The van der Waals surface area contributed by atoms with E-state index in [4.69, 9.17) is 10.5 Å². The van der Waals surface area contributed by atoms with E-state index in [0.29, 0.717) is 18.3 Å². The van der Waals surface area contributed by atoms with Gasteiger partial charge in [0, 0.05) is 56.6 Å². The van der Waals surface area contributed by atoms with E-state index in [-0.39, 0.29) is 11.9 Å². The molecule has 0 amide bonds. The van der Waals surface area contributed by atoms with Crippen LogP contribution in [0.2, 0.25) is 0 Å². The second-order valence-corrected chi connectivity index (χ2v) is 5.77. The molecular weight excluding hydrogens is 283 g/mol. The Morgan fingerprint density at radius 1 is 1.41 bits per heavy atom. The number of hydrogen-bond acceptors (Lipinski definition) is 4. The van der Waals surface area contributed by atoms with Gasteiger partial charge in [0.25, 0.3) is 0 Å². The molecule has 0 spiro atoms. The quantitative estimate of drug-likeness (QED) is 0.906. The maximum absolute atomic E-state index is 13.1. The van der Waals surface area contributed by atoms with Crippen LogP contribution in [0, 0.1) is 5.82 Å². The second kappa shape index (κ2) is 6.46. The fraction of sp³-hybridized carbons (Fsp3) is 0.438. The lowest BCUT2D eigenvalue weighted by Crippen LogP contribution is -2.30. The van der Waals surface area contributed by atoms with Crippen LogP contribution in [0.4, 0.5) is 4.39 Å². The third-order valence-electron chi connectivity index (χ3n) is 4.15. The largest absolute Gasteiger partial charge is 0.492 e. The number of imidazole rings is 1. The minimum Gasteiger partial charge on any atom is -0.492 e. The third kappa shape index (κ3) is 3.28. The molecule has 2 N–H and O–H groups in total. The highest BCUT2D eigenvalue weighted by Crippen LogP contribution is 2.25. The van der Waals surface area contributed by atoms with Crippen molar-refractivity contribution in [1.29, 1.82) is 0 Å². The van der Waals surface area contributed by atoms with Crippen molar-refractivity contribution in [3.05, 3.63) is 48.3 Å². The van der Waals surface area contributed by atoms with Gasteiger partial charge >= 0.3 is 0 Å². The fourth-order valence-corrected chi connectivity index (χ4v) is 2.98. The van der Waals surface area contributed by atoms with Gasteiger partial charge in [-0.05, 0) is 12.1 Å². The van der Waals surface area contributed by atoms with E-state index in [1.54, 1.807) is 18.5 Å². The number of aryl methyl sites for hydroxylation is 1. The van der Waals surface area contributed by atoms with Gasteiger partial charge in [0.15, 0.2) is 0 Å². The Morgan fingerprint density at radius 3 is 3.00 bits per heavy atom. The number of aromatic nitrogens is 2. The molecule has 2 aromatic rings. The number of ether oxygens (including phenoxy) is 1. The molecule has 118 valence electrons. The van der Waals surface area contributed by atoms with Gasteiger partial charge in [-0.2, -0.15) is 0 Å². The van der Waals surface area contributed by atoms with Crippen molar-refractivity contribution < 1.29 is 9.13 Å². The Morgan fingerprint density at radius 2 is 2.27 bits per heavy atom. The molecule has 0 radical (unpaired) electrons. The zero-order valence-electron chi connectivity index (χ0n) is 12.7. The van der Waals surface area contributed by atoms with E-state index in [2.05, 4.69) is 9.88 Å². The molecule has 1 saturated heterocycles. The van der Waals surface area contributed by atoms with Crippen molar-refractivity contribution in [2.45, 2.75) is 12.0 Å². The maximum Gasteiger partial charge on any atom is 0.126 e. The molecule has 1 aromatic heterocycles. The average Bonchev–Trinajstić information content (AvgIpc) is 3.05. The lowest BCUT2D eigenvalue weighted by atomic mass is 10.0. The van der Waals surface area contributed by atoms with Gasteiger partial charge in [0.2, 0.25) is 0 Å². The van der Waals surface area contributed by atoms with Crippen molar-refractivity contribution in [2.24, 2.45) is 12.8 Å². The Bertz CT molecular complexity index is 630. The smallest absolute Gasteiger partial charge is 0.126 e. The first-order valence-electron chi connectivity index (χ1n) is 7.46. The molecular formula is C16H21FN4O. The lowest BCUT2D eigenvalue weighted by Gasteiger charge is -2.16. The molecule has 1 aliphatic rings. The summed E-state index contributed by atoms with van der Waals surface area (Å²) < 4.78 is 20.7. The van der Waals surface area contributed by atoms with Gasteiger partial charge in [-0.1, -0.05) is 6.07 Å². The second-order valence-electron chi connectivity index (χ2n) is 5.77. The predicted octanol–water partition coefficient (Wildman–Crippen LogP) is 1.36. The van der Waals surface area contributed by atoms with E-state index in [0.717, 1.165) is 19.6 Å². The van der Waals surface area contributed by atoms with Crippen LogP contribution in [0.1, 0.15) is 11.6 Å². The number of halogens is 1. The molecule has 1 fully saturated rings. The molecule has 2 heterocycles. The number of rotatable bonds is 5. The van der Waals surface area contributed by atoms with Crippen LogP contribution in [0.5, 0.6) is 5.75 Å². The minimum absolute atomic E-state index is 0.101. The average molecular weight is 304 g/mol. The van der Waals surface area contributed by atoms with Crippen LogP contribution in [-0.2, 0) is 7.05 Å².